The third-order valence-corrected chi connectivity index (χ3v) is 6.93. The van der Waals surface area contributed by atoms with E-state index >= 15 is 0 Å². The fourth-order valence-corrected chi connectivity index (χ4v) is 4.87. The van der Waals surface area contributed by atoms with Crippen LogP contribution in [0.4, 0.5) is 5.69 Å². The summed E-state index contributed by atoms with van der Waals surface area (Å²) in [6, 6.07) is 10.1. The first kappa shape index (κ1) is 23.3. The van der Waals surface area contributed by atoms with Crippen LogP contribution < -0.4 is 21.1 Å². The molecule has 4 aromatic rings. The normalized spacial score (nSPS) is 11.5. The van der Waals surface area contributed by atoms with Crippen molar-refractivity contribution in [2.75, 3.05) is 5.32 Å². The Bertz CT molecular complexity index is 1630. The summed E-state index contributed by atoms with van der Waals surface area (Å²) in [7, 11) is -4.59. The first-order chi connectivity index (χ1) is 16.2. The molecule has 0 saturated carbocycles. The molecule has 12 heteroatoms. The molecule has 174 valence electrons. The van der Waals surface area contributed by atoms with E-state index in [1.807, 2.05) is 17.7 Å². The van der Waals surface area contributed by atoms with Crippen molar-refractivity contribution < 1.29 is 17.8 Å². The average Bonchev–Trinajstić information content (AvgIpc) is 2.82. The summed E-state index contributed by atoms with van der Waals surface area (Å²) >= 11 is 6.07. The van der Waals surface area contributed by atoms with Gasteiger partial charge in [-0.05, 0) is 43.3 Å². The first-order valence-electron chi connectivity index (χ1n) is 10.1. The van der Waals surface area contributed by atoms with Gasteiger partial charge in [-0.15, -0.1) is 3.97 Å². The number of amides is 1. The zero-order chi connectivity index (χ0) is 24.5. The molecule has 34 heavy (non-hydrogen) atoms. The summed E-state index contributed by atoms with van der Waals surface area (Å²) in [6.45, 7) is 2.07. The smallest absolute Gasteiger partial charge is 0.320 e. The van der Waals surface area contributed by atoms with Crippen LogP contribution in [0.25, 0.3) is 10.9 Å². The van der Waals surface area contributed by atoms with Crippen LogP contribution in [0.5, 0.6) is 0 Å². The Labute approximate surface area is 198 Å². The van der Waals surface area contributed by atoms with Gasteiger partial charge in [0.05, 0.1) is 10.9 Å². The van der Waals surface area contributed by atoms with Gasteiger partial charge >= 0.3 is 5.69 Å². The number of nitrogens with one attached hydrogen (secondary N) is 1. The lowest BCUT2D eigenvalue weighted by Gasteiger charge is -2.14. The van der Waals surface area contributed by atoms with Gasteiger partial charge in [-0.1, -0.05) is 11.6 Å². The summed E-state index contributed by atoms with van der Waals surface area (Å²) < 4.78 is 29.2. The van der Waals surface area contributed by atoms with Crippen LogP contribution in [0.1, 0.15) is 6.92 Å². The molecule has 3 aromatic heterocycles. The van der Waals surface area contributed by atoms with Crippen LogP contribution in [0.3, 0.4) is 0 Å². The summed E-state index contributed by atoms with van der Waals surface area (Å²) in [6.07, 6.45) is 5.93. The van der Waals surface area contributed by atoms with E-state index in [2.05, 4.69) is 10.3 Å². The maximum atomic E-state index is 13.3. The van der Waals surface area contributed by atoms with E-state index in [9.17, 15) is 22.8 Å². The average molecular weight is 501 g/mol. The van der Waals surface area contributed by atoms with Crippen LogP contribution in [-0.4, -0.2) is 27.8 Å². The second-order valence-corrected chi connectivity index (χ2v) is 9.49. The lowest BCUT2D eigenvalue weighted by Crippen LogP contribution is -2.45. The second-order valence-electron chi connectivity index (χ2n) is 7.26. The van der Waals surface area contributed by atoms with Gasteiger partial charge in [0.2, 0.25) is 5.91 Å². The molecule has 1 N–H and O–H groups in total. The Morgan fingerprint density at radius 2 is 1.97 bits per heavy atom. The van der Waals surface area contributed by atoms with Gasteiger partial charge in [0, 0.05) is 23.5 Å². The molecule has 0 spiro atoms. The summed E-state index contributed by atoms with van der Waals surface area (Å²) in [5.74, 6) is -0.596. The predicted octanol–water partition coefficient (Wildman–Crippen LogP) is 1.39. The van der Waals surface area contributed by atoms with E-state index in [1.165, 1.54) is 36.5 Å². The van der Waals surface area contributed by atoms with Crippen molar-refractivity contribution in [1.82, 2.24) is 13.5 Å². The topological polar surface area (TPSA) is 124 Å². The molecule has 0 radical (unpaired) electrons. The van der Waals surface area contributed by atoms with Gasteiger partial charge in [0.15, 0.2) is 12.4 Å². The fourth-order valence-electron chi connectivity index (χ4n) is 3.42. The number of hydrogen-bond donors (Lipinski definition) is 1. The summed E-state index contributed by atoms with van der Waals surface area (Å²) in [4.78, 5) is 42.6. The molecule has 0 atom stereocenters. The number of aromatic nitrogens is 4. The number of halogens is 1. The lowest BCUT2D eigenvalue weighted by molar-refractivity contribution is -0.692. The van der Waals surface area contributed by atoms with Gasteiger partial charge < -0.3 is 5.32 Å². The van der Waals surface area contributed by atoms with Crippen molar-refractivity contribution in [3.05, 3.63) is 93.1 Å². The van der Waals surface area contributed by atoms with Crippen molar-refractivity contribution >= 4 is 44.1 Å². The highest BCUT2D eigenvalue weighted by atomic mass is 35.5. The number of fused-ring (bicyclic) bond motifs is 1. The molecule has 0 aliphatic carbocycles. The highest BCUT2D eigenvalue weighted by Gasteiger charge is 2.26. The van der Waals surface area contributed by atoms with E-state index in [1.54, 1.807) is 18.3 Å². The number of aryl methyl sites for hydroxylation is 1. The van der Waals surface area contributed by atoms with Crippen LogP contribution in [0, 0.1) is 0 Å². The minimum absolute atomic E-state index is 0.0342. The SMILES string of the molecule is CC[n+]1cccc(NC(=O)Cn2c(=O)n(S(=O)(=O)c3cccnc3)c(=O)c3ccc(Cl)cc32)c1. The maximum Gasteiger partial charge on any atom is 0.346 e. The van der Waals surface area contributed by atoms with Crippen LogP contribution in [0.2, 0.25) is 5.02 Å². The Hall–Kier alpha value is -3.83. The number of hydrogen-bond acceptors (Lipinski definition) is 6. The highest BCUT2D eigenvalue weighted by molar-refractivity contribution is 7.89. The van der Waals surface area contributed by atoms with Crippen molar-refractivity contribution in [1.29, 1.82) is 0 Å². The number of anilines is 1. The molecule has 0 aliphatic heterocycles. The standard InChI is InChI=1S/C22H18ClN5O5S/c1-2-26-10-4-5-16(13-26)25-20(29)14-27-19-11-15(23)7-8-18(19)21(30)28(22(27)31)34(32,33)17-6-3-9-24-12-17/h3-13H,2,14H2,1H3/p+1. The quantitative estimate of drug-likeness (QED) is 0.399. The van der Waals surface area contributed by atoms with Crippen molar-refractivity contribution in [2.24, 2.45) is 0 Å². The van der Waals surface area contributed by atoms with Gasteiger partial charge in [-0.3, -0.25) is 19.1 Å². The summed E-state index contributed by atoms with van der Waals surface area (Å²) in [5, 5.41) is 2.80. The molecule has 0 saturated heterocycles. The van der Waals surface area contributed by atoms with Crippen LogP contribution >= 0.6 is 11.6 Å². The Balaban J connectivity index is 1.87. The number of carbonyl (C=O) groups is 1. The number of rotatable bonds is 6. The molecular weight excluding hydrogens is 482 g/mol. The third kappa shape index (κ3) is 4.35. The molecule has 4 rings (SSSR count). The molecule has 1 amide bonds. The van der Waals surface area contributed by atoms with Gasteiger partial charge in [-0.25, -0.2) is 17.8 Å². The van der Waals surface area contributed by atoms with Crippen LogP contribution in [0.15, 0.2) is 81.7 Å². The van der Waals surface area contributed by atoms with E-state index < -0.39 is 33.7 Å². The minimum Gasteiger partial charge on any atom is -0.320 e. The lowest BCUT2D eigenvalue weighted by atomic mass is 10.2. The number of pyridine rings is 2. The third-order valence-electron chi connectivity index (χ3n) is 5.05. The highest BCUT2D eigenvalue weighted by Crippen LogP contribution is 2.17. The van der Waals surface area contributed by atoms with Crippen molar-refractivity contribution in [3.8, 4) is 0 Å². The van der Waals surface area contributed by atoms with Gasteiger partial charge in [0.1, 0.15) is 23.7 Å². The Morgan fingerprint density at radius 1 is 1.18 bits per heavy atom. The van der Waals surface area contributed by atoms with Gasteiger partial charge in [0.25, 0.3) is 15.6 Å². The van der Waals surface area contributed by atoms with E-state index in [-0.39, 0.29) is 24.8 Å². The zero-order valence-electron chi connectivity index (χ0n) is 17.9. The monoisotopic (exact) mass is 500 g/mol. The molecule has 0 fully saturated rings. The molecule has 0 bridgehead atoms. The van der Waals surface area contributed by atoms with Crippen LogP contribution in [-0.2, 0) is 27.9 Å². The largest absolute Gasteiger partial charge is 0.346 e. The maximum absolute atomic E-state index is 13.3. The minimum atomic E-state index is -4.59. The number of carbonyl (C=O) groups excluding carboxylic acids is 1. The van der Waals surface area contributed by atoms with Crippen molar-refractivity contribution in [3.63, 3.8) is 0 Å². The molecule has 10 nitrogen and oxygen atoms in total. The second kappa shape index (κ2) is 9.20. The molecule has 0 aliphatic rings. The number of benzene rings is 1. The van der Waals surface area contributed by atoms with E-state index in [0.717, 1.165) is 10.8 Å². The fraction of sp³-hybridized carbons (Fsp3) is 0.136. The first-order valence-corrected chi connectivity index (χ1v) is 11.9. The van der Waals surface area contributed by atoms with E-state index in [4.69, 9.17) is 11.6 Å². The number of nitrogens with zero attached hydrogens (tertiary/aromatic N) is 4. The van der Waals surface area contributed by atoms with Gasteiger partial charge in [-0.2, -0.15) is 0 Å². The van der Waals surface area contributed by atoms with Crippen molar-refractivity contribution in [2.45, 2.75) is 24.9 Å². The predicted molar refractivity (Wildman–Crippen MR) is 125 cm³/mol. The summed E-state index contributed by atoms with van der Waals surface area (Å²) in [5.41, 5.74) is -1.73. The Kier molecular flexibility index (Phi) is 6.31. The Morgan fingerprint density at radius 3 is 2.68 bits per heavy atom. The zero-order valence-corrected chi connectivity index (χ0v) is 19.5. The van der Waals surface area contributed by atoms with E-state index in [0.29, 0.717) is 12.2 Å². The molecular formula is C22H19ClN5O5S+. The molecule has 3 heterocycles. The molecule has 0 unspecified atom stereocenters. The molecule has 1 aromatic carbocycles.